The van der Waals surface area contributed by atoms with Gasteiger partial charge in [-0.05, 0) is 18.8 Å². The smallest absolute Gasteiger partial charge is 0.317 e. The highest BCUT2D eigenvalue weighted by Crippen LogP contribution is 2.16. The van der Waals surface area contributed by atoms with Crippen LogP contribution < -0.4 is 5.32 Å². The van der Waals surface area contributed by atoms with Gasteiger partial charge in [-0.25, -0.2) is 4.79 Å². The van der Waals surface area contributed by atoms with Crippen LogP contribution in [0, 0.1) is 5.92 Å². The molecule has 0 bridgehead atoms. The second-order valence-electron chi connectivity index (χ2n) is 4.73. The van der Waals surface area contributed by atoms with E-state index >= 15 is 0 Å². The quantitative estimate of drug-likeness (QED) is 0.652. The molecule has 2 atom stereocenters. The van der Waals surface area contributed by atoms with Crippen molar-refractivity contribution in [3.63, 3.8) is 0 Å². The van der Waals surface area contributed by atoms with Crippen LogP contribution in [0.2, 0.25) is 0 Å². The number of nitrogens with zero attached hydrogens (tertiary/aromatic N) is 1. The van der Waals surface area contributed by atoms with E-state index < -0.39 is 5.97 Å². The highest BCUT2D eigenvalue weighted by Gasteiger charge is 2.28. The van der Waals surface area contributed by atoms with Crippen LogP contribution in [0.15, 0.2) is 0 Å². The molecule has 2 unspecified atom stereocenters. The van der Waals surface area contributed by atoms with E-state index in [1.54, 1.807) is 4.90 Å². The predicted molar refractivity (Wildman–Crippen MR) is 66.2 cm³/mol. The lowest BCUT2D eigenvalue weighted by molar-refractivity contribution is -0.138. The number of aliphatic hydroxyl groups excluding tert-OH is 1. The molecular formula is C12H22N2O4. The van der Waals surface area contributed by atoms with Gasteiger partial charge in [0, 0.05) is 19.5 Å². The van der Waals surface area contributed by atoms with E-state index in [1.165, 1.54) is 0 Å². The predicted octanol–water partition coefficient (Wildman–Crippen LogP) is 0.654. The molecule has 6 nitrogen and oxygen atoms in total. The number of aliphatic carboxylic acids is 1. The number of rotatable bonds is 6. The van der Waals surface area contributed by atoms with Gasteiger partial charge in [0.05, 0.1) is 12.6 Å². The normalized spacial score (nSPS) is 20.8. The summed E-state index contributed by atoms with van der Waals surface area (Å²) in [4.78, 5) is 24.1. The van der Waals surface area contributed by atoms with Gasteiger partial charge in [0.15, 0.2) is 0 Å². The van der Waals surface area contributed by atoms with Gasteiger partial charge in [-0.2, -0.15) is 0 Å². The number of amides is 2. The first-order valence-electron chi connectivity index (χ1n) is 6.45. The molecule has 0 aliphatic carbocycles. The summed E-state index contributed by atoms with van der Waals surface area (Å²) < 4.78 is 0. The molecule has 1 aliphatic rings. The van der Waals surface area contributed by atoms with Crippen LogP contribution in [-0.2, 0) is 4.79 Å². The van der Waals surface area contributed by atoms with E-state index in [0.717, 1.165) is 19.3 Å². The molecule has 0 aromatic heterocycles. The average molecular weight is 258 g/mol. The molecule has 0 aromatic rings. The zero-order valence-electron chi connectivity index (χ0n) is 10.8. The van der Waals surface area contributed by atoms with Gasteiger partial charge in [-0.15, -0.1) is 0 Å². The van der Waals surface area contributed by atoms with E-state index in [-0.39, 0.29) is 31.0 Å². The standard InChI is InChI=1S/C12H22N2O4/c1-2-9(6-11(16)17)7-13-12(18)14-5-3-4-10(14)8-15/h9-10,15H,2-8H2,1H3,(H,13,18)(H,16,17). The van der Waals surface area contributed by atoms with E-state index in [2.05, 4.69) is 5.32 Å². The van der Waals surface area contributed by atoms with Crippen molar-refractivity contribution in [2.75, 3.05) is 19.7 Å². The molecule has 2 amide bonds. The number of hydrogen-bond acceptors (Lipinski definition) is 3. The molecule has 1 saturated heterocycles. The first-order chi connectivity index (χ1) is 8.58. The molecule has 0 radical (unpaired) electrons. The van der Waals surface area contributed by atoms with Crippen molar-refractivity contribution in [2.24, 2.45) is 5.92 Å². The Hall–Kier alpha value is -1.30. The number of carboxylic acids is 1. The Morgan fingerprint density at radius 1 is 1.50 bits per heavy atom. The number of carboxylic acid groups (broad SMARTS) is 1. The molecule has 0 spiro atoms. The van der Waals surface area contributed by atoms with E-state index in [1.807, 2.05) is 6.92 Å². The van der Waals surface area contributed by atoms with Gasteiger partial charge in [0.1, 0.15) is 0 Å². The van der Waals surface area contributed by atoms with Crippen molar-refractivity contribution < 1.29 is 19.8 Å². The van der Waals surface area contributed by atoms with Gasteiger partial charge in [-0.1, -0.05) is 13.3 Å². The van der Waals surface area contributed by atoms with Crippen molar-refractivity contribution in [3.05, 3.63) is 0 Å². The van der Waals surface area contributed by atoms with Crippen molar-refractivity contribution in [1.29, 1.82) is 0 Å². The summed E-state index contributed by atoms with van der Waals surface area (Å²) in [6.45, 7) is 2.93. The minimum atomic E-state index is -0.842. The zero-order valence-corrected chi connectivity index (χ0v) is 10.8. The van der Waals surface area contributed by atoms with E-state index in [0.29, 0.717) is 13.1 Å². The zero-order chi connectivity index (χ0) is 13.5. The van der Waals surface area contributed by atoms with Crippen molar-refractivity contribution in [3.8, 4) is 0 Å². The van der Waals surface area contributed by atoms with E-state index in [9.17, 15) is 9.59 Å². The fourth-order valence-corrected chi connectivity index (χ4v) is 2.23. The third kappa shape index (κ3) is 4.18. The number of aliphatic hydroxyl groups is 1. The second kappa shape index (κ2) is 7.20. The van der Waals surface area contributed by atoms with E-state index in [4.69, 9.17) is 10.2 Å². The van der Waals surface area contributed by atoms with Crippen molar-refractivity contribution in [1.82, 2.24) is 10.2 Å². The molecule has 18 heavy (non-hydrogen) atoms. The Labute approximate surface area is 107 Å². The number of urea groups is 1. The van der Waals surface area contributed by atoms with Crippen LogP contribution in [0.25, 0.3) is 0 Å². The summed E-state index contributed by atoms with van der Waals surface area (Å²) in [7, 11) is 0. The maximum Gasteiger partial charge on any atom is 0.317 e. The molecule has 1 heterocycles. The van der Waals surface area contributed by atoms with Crippen LogP contribution in [0.4, 0.5) is 4.79 Å². The summed E-state index contributed by atoms with van der Waals surface area (Å²) in [5, 5.41) is 20.6. The van der Waals surface area contributed by atoms with Gasteiger partial charge in [-0.3, -0.25) is 4.79 Å². The van der Waals surface area contributed by atoms with Gasteiger partial charge in [0.2, 0.25) is 0 Å². The minimum Gasteiger partial charge on any atom is -0.481 e. The molecular weight excluding hydrogens is 236 g/mol. The Kier molecular flexibility index (Phi) is 5.91. The highest BCUT2D eigenvalue weighted by atomic mass is 16.4. The minimum absolute atomic E-state index is 0.0141. The van der Waals surface area contributed by atoms with Crippen LogP contribution >= 0.6 is 0 Å². The lowest BCUT2D eigenvalue weighted by atomic mass is 10.0. The SMILES string of the molecule is CCC(CNC(=O)N1CCCC1CO)CC(=O)O. The molecule has 104 valence electrons. The third-order valence-corrected chi connectivity index (χ3v) is 3.43. The lowest BCUT2D eigenvalue weighted by Crippen LogP contribution is -2.45. The highest BCUT2D eigenvalue weighted by molar-refractivity contribution is 5.75. The van der Waals surface area contributed by atoms with Crippen LogP contribution in [0.1, 0.15) is 32.6 Å². The van der Waals surface area contributed by atoms with Crippen molar-refractivity contribution in [2.45, 2.75) is 38.6 Å². The van der Waals surface area contributed by atoms with Crippen LogP contribution in [0.3, 0.4) is 0 Å². The van der Waals surface area contributed by atoms with Crippen LogP contribution in [-0.4, -0.2) is 52.9 Å². The Balaban J connectivity index is 2.37. The maximum absolute atomic E-state index is 11.9. The maximum atomic E-state index is 11.9. The van der Waals surface area contributed by atoms with Crippen LogP contribution in [0.5, 0.6) is 0 Å². The number of hydrogen-bond donors (Lipinski definition) is 3. The number of carbonyl (C=O) groups excluding carboxylic acids is 1. The molecule has 0 aromatic carbocycles. The Bertz CT molecular complexity index is 296. The summed E-state index contributed by atoms with van der Waals surface area (Å²) >= 11 is 0. The molecule has 1 rings (SSSR count). The Morgan fingerprint density at radius 3 is 2.78 bits per heavy atom. The average Bonchev–Trinajstić information content (AvgIpc) is 2.81. The number of carbonyl (C=O) groups is 2. The van der Waals surface area contributed by atoms with Crippen molar-refractivity contribution >= 4 is 12.0 Å². The second-order valence-corrected chi connectivity index (χ2v) is 4.73. The summed E-state index contributed by atoms with van der Waals surface area (Å²) in [6.07, 6.45) is 2.53. The topological polar surface area (TPSA) is 89.9 Å². The fraction of sp³-hybridized carbons (Fsp3) is 0.833. The number of nitrogens with one attached hydrogen (secondary N) is 1. The molecule has 3 N–H and O–H groups in total. The largest absolute Gasteiger partial charge is 0.481 e. The summed E-state index contributed by atoms with van der Waals surface area (Å²) in [5.41, 5.74) is 0. The fourth-order valence-electron chi connectivity index (χ4n) is 2.23. The van der Waals surface area contributed by atoms with Gasteiger partial charge >= 0.3 is 12.0 Å². The monoisotopic (exact) mass is 258 g/mol. The first kappa shape index (κ1) is 14.8. The van der Waals surface area contributed by atoms with Gasteiger partial charge in [0.25, 0.3) is 0 Å². The molecule has 1 aliphatic heterocycles. The number of likely N-dealkylation sites (tertiary alicyclic amines) is 1. The third-order valence-electron chi connectivity index (χ3n) is 3.43. The lowest BCUT2D eigenvalue weighted by Gasteiger charge is -2.24. The molecule has 0 saturated carbocycles. The summed E-state index contributed by atoms with van der Waals surface area (Å²) in [5.74, 6) is -0.882. The van der Waals surface area contributed by atoms with Gasteiger partial charge < -0.3 is 20.4 Å². The first-order valence-corrected chi connectivity index (χ1v) is 6.45. The molecule has 1 fully saturated rings. The molecule has 6 heteroatoms. The Morgan fingerprint density at radius 2 is 2.22 bits per heavy atom. The summed E-state index contributed by atoms with van der Waals surface area (Å²) in [6, 6.07) is -0.292.